The highest BCUT2D eigenvalue weighted by molar-refractivity contribution is 5.91. The summed E-state index contributed by atoms with van der Waals surface area (Å²) < 4.78 is 1.45. The molecule has 0 aliphatic heterocycles. The number of nitrogens with zero attached hydrogens (tertiary/aromatic N) is 3. The summed E-state index contributed by atoms with van der Waals surface area (Å²) in [6.07, 6.45) is 1.37. The van der Waals surface area contributed by atoms with Crippen LogP contribution in [0, 0.1) is 0 Å². The van der Waals surface area contributed by atoms with Gasteiger partial charge in [0.2, 0.25) is 0 Å². The predicted molar refractivity (Wildman–Crippen MR) is 54.2 cm³/mol. The van der Waals surface area contributed by atoms with E-state index in [1.165, 1.54) is 17.0 Å². The highest BCUT2D eigenvalue weighted by atomic mass is 16.4. The maximum Gasteiger partial charge on any atom is 0.337 e. The summed E-state index contributed by atoms with van der Waals surface area (Å²) in [5.41, 5.74) is 0.570. The summed E-state index contributed by atoms with van der Waals surface area (Å²) in [5.74, 6) is -0.734. The zero-order chi connectivity index (χ0) is 11.5. The number of benzene rings is 1. The molecule has 0 unspecified atom stereocenters. The minimum absolute atomic E-state index is 0.136. The lowest BCUT2D eigenvalue weighted by atomic mass is 10.2. The first kappa shape index (κ1) is 10.3. The number of para-hydroxylation sites is 1. The normalized spacial score (nSPS) is 10.3. The lowest BCUT2D eigenvalue weighted by Crippen LogP contribution is -2.07. The number of aliphatic hydroxyl groups is 1. The largest absolute Gasteiger partial charge is 0.478 e. The first-order valence-electron chi connectivity index (χ1n) is 4.56. The van der Waals surface area contributed by atoms with Crippen molar-refractivity contribution in [2.45, 2.75) is 6.61 Å². The molecule has 0 radical (unpaired) electrons. The molecular weight excluding hydrogens is 210 g/mol. The molecule has 1 aromatic heterocycles. The Hall–Kier alpha value is -2.21. The van der Waals surface area contributed by atoms with E-state index in [1.807, 2.05) is 0 Å². The molecule has 0 amide bonds. The Kier molecular flexibility index (Phi) is 2.65. The third-order valence-electron chi connectivity index (χ3n) is 2.15. The van der Waals surface area contributed by atoms with Gasteiger partial charge in [-0.05, 0) is 12.1 Å². The van der Waals surface area contributed by atoms with Gasteiger partial charge in [0.1, 0.15) is 12.9 Å². The van der Waals surface area contributed by atoms with Crippen molar-refractivity contribution in [2.24, 2.45) is 0 Å². The predicted octanol–water partition coefficient (Wildman–Crippen LogP) is 0.458. The van der Waals surface area contributed by atoms with Gasteiger partial charge in [0.15, 0.2) is 5.82 Å². The Morgan fingerprint density at radius 1 is 1.38 bits per heavy atom. The van der Waals surface area contributed by atoms with Crippen LogP contribution < -0.4 is 0 Å². The minimum atomic E-state index is -1.03. The number of carboxylic acids is 1. The van der Waals surface area contributed by atoms with E-state index in [-0.39, 0.29) is 12.2 Å². The molecule has 0 aliphatic carbocycles. The molecule has 0 atom stereocenters. The van der Waals surface area contributed by atoms with Crippen LogP contribution in [-0.2, 0) is 6.61 Å². The lowest BCUT2D eigenvalue weighted by Gasteiger charge is -2.07. The van der Waals surface area contributed by atoms with Gasteiger partial charge in [-0.1, -0.05) is 12.1 Å². The molecule has 2 N–H and O–H groups in total. The zero-order valence-electron chi connectivity index (χ0n) is 8.24. The summed E-state index contributed by atoms with van der Waals surface area (Å²) in [4.78, 5) is 11.0. The smallest absolute Gasteiger partial charge is 0.337 e. The number of hydrogen-bond acceptors (Lipinski definition) is 4. The molecule has 0 fully saturated rings. The SMILES string of the molecule is O=C(O)c1ccccc1-n1cnnc1CO. The van der Waals surface area contributed by atoms with E-state index in [2.05, 4.69) is 10.2 Å². The van der Waals surface area contributed by atoms with Crippen LogP contribution in [0.1, 0.15) is 16.2 Å². The average Bonchev–Trinajstić information content (AvgIpc) is 2.76. The number of carbonyl (C=O) groups is 1. The number of hydrogen-bond donors (Lipinski definition) is 2. The van der Waals surface area contributed by atoms with E-state index < -0.39 is 5.97 Å². The fourth-order valence-corrected chi connectivity index (χ4v) is 1.43. The second-order valence-electron chi connectivity index (χ2n) is 3.10. The lowest BCUT2D eigenvalue weighted by molar-refractivity contribution is 0.0697. The molecule has 0 saturated heterocycles. The van der Waals surface area contributed by atoms with E-state index in [9.17, 15) is 4.79 Å². The number of rotatable bonds is 3. The van der Waals surface area contributed by atoms with E-state index >= 15 is 0 Å². The van der Waals surface area contributed by atoms with Crippen molar-refractivity contribution >= 4 is 5.97 Å². The number of aliphatic hydroxyl groups excluding tert-OH is 1. The summed E-state index contributed by atoms with van der Waals surface area (Å²) in [7, 11) is 0. The van der Waals surface area contributed by atoms with Gasteiger partial charge < -0.3 is 10.2 Å². The molecule has 6 nitrogen and oxygen atoms in total. The third-order valence-corrected chi connectivity index (χ3v) is 2.15. The molecular formula is C10H9N3O3. The van der Waals surface area contributed by atoms with E-state index in [4.69, 9.17) is 10.2 Å². The molecule has 1 heterocycles. The van der Waals surface area contributed by atoms with E-state index in [0.29, 0.717) is 11.5 Å². The van der Waals surface area contributed by atoms with Gasteiger partial charge >= 0.3 is 5.97 Å². The van der Waals surface area contributed by atoms with Gasteiger partial charge in [-0.2, -0.15) is 0 Å². The van der Waals surface area contributed by atoms with Gasteiger partial charge in [0.05, 0.1) is 11.3 Å². The van der Waals surface area contributed by atoms with Crippen LogP contribution >= 0.6 is 0 Å². The molecule has 0 bridgehead atoms. The second kappa shape index (κ2) is 4.11. The Balaban J connectivity index is 2.60. The fourth-order valence-electron chi connectivity index (χ4n) is 1.43. The van der Waals surface area contributed by atoms with Crippen molar-refractivity contribution in [1.82, 2.24) is 14.8 Å². The van der Waals surface area contributed by atoms with Crippen LogP contribution in [0.25, 0.3) is 5.69 Å². The van der Waals surface area contributed by atoms with Crippen molar-refractivity contribution in [3.05, 3.63) is 42.0 Å². The van der Waals surface area contributed by atoms with Crippen LogP contribution in [0.2, 0.25) is 0 Å². The standard InChI is InChI=1S/C10H9N3O3/c14-5-9-12-11-6-13(9)8-4-2-1-3-7(8)10(15)16/h1-4,6,14H,5H2,(H,15,16). The number of aromatic nitrogens is 3. The number of carboxylic acid groups (broad SMARTS) is 1. The molecule has 1 aromatic carbocycles. The Morgan fingerprint density at radius 2 is 2.12 bits per heavy atom. The topological polar surface area (TPSA) is 88.2 Å². The second-order valence-corrected chi connectivity index (χ2v) is 3.10. The van der Waals surface area contributed by atoms with Gasteiger partial charge in [-0.15, -0.1) is 10.2 Å². The average molecular weight is 219 g/mol. The molecule has 2 rings (SSSR count). The van der Waals surface area contributed by atoms with E-state index in [0.717, 1.165) is 0 Å². The Morgan fingerprint density at radius 3 is 2.81 bits per heavy atom. The Bertz CT molecular complexity index is 522. The third kappa shape index (κ3) is 1.66. The molecule has 16 heavy (non-hydrogen) atoms. The van der Waals surface area contributed by atoms with Crippen molar-refractivity contribution < 1.29 is 15.0 Å². The van der Waals surface area contributed by atoms with Crippen LogP contribution in [0.4, 0.5) is 0 Å². The highest BCUT2D eigenvalue weighted by Gasteiger charge is 2.13. The van der Waals surface area contributed by atoms with Gasteiger partial charge in [-0.3, -0.25) is 4.57 Å². The first-order valence-corrected chi connectivity index (χ1v) is 4.56. The Labute approximate surface area is 90.8 Å². The molecule has 0 saturated carbocycles. The first-order chi connectivity index (χ1) is 7.74. The van der Waals surface area contributed by atoms with Crippen molar-refractivity contribution in [2.75, 3.05) is 0 Å². The van der Waals surface area contributed by atoms with Crippen molar-refractivity contribution in [3.8, 4) is 5.69 Å². The van der Waals surface area contributed by atoms with Gasteiger partial charge in [-0.25, -0.2) is 4.79 Å². The zero-order valence-corrected chi connectivity index (χ0v) is 8.24. The maximum absolute atomic E-state index is 11.0. The van der Waals surface area contributed by atoms with Crippen molar-refractivity contribution in [3.63, 3.8) is 0 Å². The van der Waals surface area contributed by atoms with E-state index in [1.54, 1.807) is 18.2 Å². The minimum Gasteiger partial charge on any atom is -0.478 e. The van der Waals surface area contributed by atoms with Crippen LogP contribution in [0.3, 0.4) is 0 Å². The van der Waals surface area contributed by atoms with Crippen LogP contribution in [0.5, 0.6) is 0 Å². The molecule has 82 valence electrons. The maximum atomic E-state index is 11.0. The van der Waals surface area contributed by atoms with Crippen molar-refractivity contribution in [1.29, 1.82) is 0 Å². The van der Waals surface area contributed by atoms with Gasteiger partial charge in [0, 0.05) is 0 Å². The fraction of sp³-hybridized carbons (Fsp3) is 0.100. The summed E-state index contributed by atoms with van der Waals surface area (Å²) in [6, 6.07) is 6.46. The highest BCUT2D eigenvalue weighted by Crippen LogP contribution is 2.15. The molecule has 2 aromatic rings. The summed E-state index contributed by atoms with van der Waals surface area (Å²) in [5, 5.41) is 25.4. The quantitative estimate of drug-likeness (QED) is 0.782. The monoisotopic (exact) mass is 219 g/mol. The summed E-state index contributed by atoms with van der Waals surface area (Å²) >= 11 is 0. The molecule has 0 aliphatic rings. The summed E-state index contributed by atoms with van der Waals surface area (Å²) in [6.45, 7) is -0.298. The number of aromatic carboxylic acids is 1. The van der Waals surface area contributed by atoms with Gasteiger partial charge in [0.25, 0.3) is 0 Å². The molecule has 0 spiro atoms. The molecule has 6 heteroatoms. The van der Waals surface area contributed by atoms with Crippen LogP contribution in [0.15, 0.2) is 30.6 Å². The van der Waals surface area contributed by atoms with Crippen LogP contribution in [-0.4, -0.2) is 30.9 Å².